The molecule has 2 amide bonds. The van der Waals surface area contributed by atoms with Gasteiger partial charge in [-0.3, -0.25) is 9.59 Å². The molecule has 0 saturated carbocycles. The predicted octanol–water partition coefficient (Wildman–Crippen LogP) is 3.87. The predicted molar refractivity (Wildman–Crippen MR) is 115 cm³/mol. The first-order valence-corrected chi connectivity index (χ1v) is 9.53. The fourth-order valence-electron chi connectivity index (χ4n) is 3.44. The van der Waals surface area contributed by atoms with Gasteiger partial charge in [-0.15, -0.1) is 0 Å². The standard InChI is InChI=1S/C23H18ClN3O2/c24-15-7-5-6-14(12-15)13-20(22(25)28)27-23(29)21-16-8-1-3-10-18(16)26-19-11-4-2-9-17(19)21/h1-12,20H,13H2,(H2,25,28)(H,27,29)/t20-/m1/s1. The third-order valence-electron chi connectivity index (χ3n) is 4.79. The van der Waals surface area contributed by atoms with Gasteiger partial charge in [0.25, 0.3) is 5.91 Å². The summed E-state index contributed by atoms with van der Waals surface area (Å²) >= 11 is 6.03. The minimum absolute atomic E-state index is 0.253. The minimum Gasteiger partial charge on any atom is -0.368 e. The largest absolute Gasteiger partial charge is 0.368 e. The first kappa shape index (κ1) is 18.9. The molecule has 0 unspecified atom stereocenters. The van der Waals surface area contributed by atoms with Crippen LogP contribution in [0, 0.1) is 0 Å². The lowest BCUT2D eigenvalue weighted by Crippen LogP contribution is -2.46. The van der Waals surface area contributed by atoms with Gasteiger partial charge in [-0.05, 0) is 29.8 Å². The van der Waals surface area contributed by atoms with Gasteiger partial charge in [-0.1, -0.05) is 60.1 Å². The van der Waals surface area contributed by atoms with E-state index < -0.39 is 11.9 Å². The van der Waals surface area contributed by atoms with Crippen LogP contribution in [0.25, 0.3) is 21.8 Å². The van der Waals surface area contributed by atoms with Crippen molar-refractivity contribution in [3.63, 3.8) is 0 Å². The number of carbonyl (C=O) groups excluding carboxylic acids is 2. The molecule has 1 atom stereocenters. The number of carbonyl (C=O) groups is 2. The van der Waals surface area contributed by atoms with Gasteiger partial charge in [0, 0.05) is 22.2 Å². The van der Waals surface area contributed by atoms with Crippen LogP contribution in [0.5, 0.6) is 0 Å². The van der Waals surface area contributed by atoms with Gasteiger partial charge in [-0.2, -0.15) is 0 Å². The van der Waals surface area contributed by atoms with E-state index in [9.17, 15) is 9.59 Å². The maximum Gasteiger partial charge on any atom is 0.253 e. The molecule has 0 aliphatic carbocycles. The summed E-state index contributed by atoms with van der Waals surface area (Å²) in [6.45, 7) is 0. The van der Waals surface area contributed by atoms with Crippen molar-refractivity contribution in [2.45, 2.75) is 12.5 Å². The maximum absolute atomic E-state index is 13.3. The highest BCUT2D eigenvalue weighted by molar-refractivity contribution is 6.30. The monoisotopic (exact) mass is 403 g/mol. The van der Waals surface area contributed by atoms with Crippen molar-refractivity contribution in [2.24, 2.45) is 5.73 Å². The summed E-state index contributed by atoms with van der Waals surface area (Å²) in [5, 5.41) is 4.79. The second-order valence-corrected chi connectivity index (χ2v) is 7.22. The molecule has 29 heavy (non-hydrogen) atoms. The van der Waals surface area contributed by atoms with Crippen LogP contribution in [0.2, 0.25) is 5.02 Å². The lowest BCUT2D eigenvalue weighted by molar-refractivity contribution is -0.119. The highest BCUT2D eigenvalue weighted by atomic mass is 35.5. The zero-order valence-electron chi connectivity index (χ0n) is 15.4. The molecule has 144 valence electrons. The molecule has 0 radical (unpaired) electrons. The van der Waals surface area contributed by atoms with Gasteiger partial charge in [0.1, 0.15) is 6.04 Å². The lowest BCUT2D eigenvalue weighted by atomic mass is 10.0. The van der Waals surface area contributed by atoms with Crippen LogP contribution in [-0.4, -0.2) is 22.8 Å². The molecule has 5 nitrogen and oxygen atoms in total. The van der Waals surface area contributed by atoms with Gasteiger partial charge in [0.15, 0.2) is 0 Å². The molecule has 6 heteroatoms. The molecule has 0 saturated heterocycles. The van der Waals surface area contributed by atoms with Crippen LogP contribution in [0.3, 0.4) is 0 Å². The quantitative estimate of drug-likeness (QED) is 0.496. The summed E-state index contributed by atoms with van der Waals surface area (Å²) in [5.41, 5.74) is 8.28. The maximum atomic E-state index is 13.3. The fraction of sp³-hybridized carbons (Fsp3) is 0.0870. The summed E-state index contributed by atoms with van der Waals surface area (Å²) in [6, 6.07) is 21.1. The number of hydrogen-bond donors (Lipinski definition) is 2. The van der Waals surface area contributed by atoms with Crippen molar-refractivity contribution < 1.29 is 9.59 Å². The summed E-state index contributed by atoms with van der Waals surface area (Å²) in [4.78, 5) is 29.9. The normalized spacial score (nSPS) is 12.0. The number of primary amides is 1. The Morgan fingerprint density at radius 3 is 2.14 bits per heavy atom. The smallest absolute Gasteiger partial charge is 0.253 e. The van der Waals surface area contributed by atoms with Crippen LogP contribution in [-0.2, 0) is 11.2 Å². The zero-order chi connectivity index (χ0) is 20.4. The average molecular weight is 404 g/mol. The van der Waals surface area contributed by atoms with E-state index in [2.05, 4.69) is 10.3 Å². The van der Waals surface area contributed by atoms with Gasteiger partial charge < -0.3 is 11.1 Å². The summed E-state index contributed by atoms with van der Waals surface area (Å²) in [5.74, 6) is -0.980. The Morgan fingerprint density at radius 2 is 1.55 bits per heavy atom. The molecule has 0 fully saturated rings. The number of halogens is 1. The van der Waals surface area contributed by atoms with Gasteiger partial charge in [0.2, 0.25) is 5.91 Å². The number of para-hydroxylation sites is 2. The minimum atomic E-state index is -0.869. The second kappa shape index (κ2) is 7.89. The van der Waals surface area contributed by atoms with Crippen molar-refractivity contribution >= 4 is 45.2 Å². The number of amides is 2. The van der Waals surface area contributed by atoms with E-state index in [-0.39, 0.29) is 12.3 Å². The Labute approximate surface area is 172 Å². The van der Waals surface area contributed by atoms with Crippen LogP contribution in [0.4, 0.5) is 0 Å². The number of nitrogens with zero attached hydrogens (tertiary/aromatic N) is 1. The molecular formula is C23H18ClN3O2. The third kappa shape index (κ3) is 3.91. The van der Waals surface area contributed by atoms with Crippen molar-refractivity contribution in [1.82, 2.24) is 10.3 Å². The first-order valence-electron chi connectivity index (χ1n) is 9.15. The van der Waals surface area contributed by atoms with Crippen LogP contribution in [0.15, 0.2) is 72.8 Å². The summed E-state index contributed by atoms with van der Waals surface area (Å²) in [7, 11) is 0. The number of nitrogens with one attached hydrogen (secondary N) is 1. The number of fused-ring (bicyclic) bond motifs is 2. The molecule has 0 spiro atoms. The topological polar surface area (TPSA) is 85.1 Å². The number of pyridine rings is 1. The third-order valence-corrected chi connectivity index (χ3v) is 5.03. The van der Waals surface area contributed by atoms with E-state index in [0.717, 1.165) is 16.3 Å². The lowest BCUT2D eigenvalue weighted by Gasteiger charge is -2.17. The molecular weight excluding hydrogens is 386 g/mol. The second-order valence-electron chi connectivity index (χ2n) is 6.78. The Kier molecular flexibility index (Phi) is 5.14. The van der Waals surface area contributed by atoms with Gasteiger partial charge >= 0.3 is 0 Å². The molecule has 0 aliphatic rings. The van der Waals surface area contributed by atoms with Crippen molar-refractivity contribution in [3.8, 4) is 0 Å². The Bertz CT molecular complexity index is 1190. The number of nitrogens with two attached hydrogens (primary N) is 1. The van der Waals surface area contributed by atoms with Crippen molar-refractivity contribution in [3.05, 3.63) is 88.9 Å². The number of benzene rings is 3. The Balaban J connectivity index is 1.74. The van der Waals surface area contributed by atoms with Gasteiger partial charge in [-0.25, -0.2) is 4.98 Å². The SMILES string of the molecule is NC(=O)[C@@H](Cc1cccc(Cl)c1)NC(=O)c1c2ccccc2nc2ccccc12. The number of rotatable bonds is 5. The van der Waals surface area contributed by atoms with E-state index in [1.165, 1.54) is 0 Å². The van der Waals surface area contributed by atoms with E-state index in [1.807, 2.05) is 54.6 Å². The summed E-state index contributed by atoms with van der Waals surface area (Å²) < 4.78 is 0. The molecule has 1 aromatic heterocycles. The highest BCUT2D eigenvalue weighted by Gasteiger charge is 2.22. The molecule has 1 heterocycles. The number of aromatic nitrogens is 1. The van der Waals surface area contributed by atoms with Gasteiger partial charge in [0.05, 0.1) is 16.6 Å². The van der Waals surface area contributed by atoms with E-state index in [1.54, 1.807) is 18.2 Å². The fourth-order valence-corrected chi connectivity index (χ4v) is 3.65. The Hall–Kier alpha value is -3.44. The van der Waals surface area contributed by atoms with E-state index in [0.29, 0.717) is 21.6 Å². The van der Waals surface area contributed by atoms with E-state index in [4.69, 9.17) is 17.3 Å². The molecule has 3 aromatic carbocycles. The van der Waals surface area contributed by atoms with Crippen molar-refractivity contribution in [2.75, 3.05) is 0 Å². The van der Waals surface area contributed by atoms with Crippen molar-refractivity contribution in [1.29, 1.82) is 0 Å². The molecule has 3 N–H and O–H groups in total. The first-order chi connectivity index (χ1) is 14.0. The van der Waals surface area contributed by atoms with Crippen LogP contribution >= 0.6 is 11.6 Å². The average Bonchev–Trinajstić information content (AvgIpc) is 2.71. The van der Waals surface area contributed by atoms with Crippen LogP contribution < -0.4 is 11.1 Å². The molecule has 4 rings (SSSR count). The van der Waals surface area contributed by atoms with E-state index >= 15 is 0 Å². The molecule has 0 bridgehead atoms. The molecule has 0 aliphatic heterocycles. The molecule has 4 aromatic rings. The number of hydrogen-bond acceptors (Lipinski definition) is 3. The summed E-state index contributed by atoms with van der Waals surface area (Å²) in [6.07, 6.45) is 0.253. The zero-order valence-corrected chi connectivity index (χ0v) is 16.2. The Morgan fingerprint density at radius 1 is 0.931 bits per heavy atom. The van der Waals surface area contributed by atoms with Crippen LogP contribution in [0.1, 0.15) is 15.9 Å². The highest BCUT2D eigenvalue weighted by Crippen LogP contribution is 2.26.